The molecule has 3 rings (SSSR count). The minimum Gasteiger partial charge on any atom is -0.458 e. The quantitative estimate of drug-likeness (QED) is 0.332. The molecule has 0 aromatic carbocycles. The van der Waals surface area contributed by atoms with E-state index in [0.29, 0.717) is 5.57 Å². The molecule has 3 aliphatic rings. The molecule has 6 unspecified atom stereocenters. The van der Waals surface area contributed by atoms with Gasteiger partial charge in [-0.25, -0.2) is 4.79 Å². The normalized spacial score (nSPS) is 50.7. The van der Waals surface area contributed by atoms with Gasteiger partial charge in [-0.2, -0.15) is 0 Å². The van der Waals surface area contributed by atoms with E-state index in [-0.39, 0.29) is 12.0 Å². The highest BCUT2D eigenvalue weighted by Crippen LogP contribution is 2.53. The zero-order valence-corrected chi connectivity index (χ0v) is 11.2. The Hall–Kier alpha value is -1.43. The van der Waals surface area contributed by atoms with Crippen LogP contribution in [-0.4, -0.2) is 44.7 Å². The maximum Gasteiger partial charge on any atom is 0.334 e. The van der Waals surface area contributed by atoms with Crippen molar-refractivity contribution in [2.45, 2.75) is 36.8 Å². The summed E-state index contributed by atoms with van der Waals surface area (Å²) in [5, 5.41) is 31.7. The molecule has 6 atom stereocenters. The van der Waals surface area contributed by atoms with Gasteiger partial charge in [0.1, 0.15) is 11.7 Å². The Bertz CT molecular complexity index is 546. The van der Waals surface area contributed by atoms with Crippen LogP contribution in [0.4, 0.5) is 0 Å². The number of carbonyl (C=O) groups excluding carboxylic acids is 1. The molecule has 2 fully saturated rings. The van der Waals surface area contributed by atoms with Crippen LogP contribution < -0.4 is 0 Å². The second-order valence-corrected chi connectivity index (χ2v) is 6.16. The number of aliphatic hydroxyl groups is 3. The predicted octanol–water partition coefficient (Wildman–Crippen LogP) is 0.0731. The molecule has 0 aromatic rings. The third-order valence-corrected chi connectivity index (χ3v) is 4.81. The lowest BCUT2D eigenvalue weighted by Gasteiger charge is -2.38. The maximum atomic E-state index is 11.7. The fraction of sp³-hybridized carbons (Fsp3) is 0.533. The Morgan fingerprint density at radius 3 is 2.65 bits per heavy atom. The van der Waals surface area contributed by atoms with Crippen LogP contribution in [0.3, 0.4) is 0 Å². The van der Waals surface area contributed by atoms with Crippen LogP contribution >= 0.6 is 0 Å². The van der Waals surface area contributed by atoms with Crippen molar-refractivity contribution in [1.82, 2.24) is 0 Å². The summed E-state index contributed by atoms with van der Waals surface area (Å²) in [5.74, 6) is -2.02. The summed E-state index contributed by atoms with van der Waals surface area (Å²) in [7, 11) is 0. The average molecular weight is 278 g/mol. The van der Waals surface area contributed by atoms with Crippen molar-refractivity contribution in [3.63, 3.8) is 0 Å². The van der Waals surface area contributed by atoms with Crippen LogP contribution in [-0.2, 0) is 9.53 Å². The number of esters is 1. The van der Waals surface area contributed by atoms with E-state index in [1.165, 1.54) is 12.2 Å². The first-order chi connectivity index (χ1) is 9.18. The Morgan fingerprint density at radius 1 is 1.35 bits per heavy atom. The van der Waals surface area contributed by atoms with Crippen molar-refractivity contribution >= 4 is 5.97 Å². The fourth-order valence-electron chi connectivity index (χ4n) is 3.75. The lowest BCUT2D eigenvalue weighted by Crippen LogP contribution is -2.51. The van der Waals surface area contributed by atoms with Crippen molar-refractivity contribution in [2.75, 3.05) is 0 Å². The SMILES string of the molecule is C=C1C(=O)OC2C1C(O)CC(=C)C1(O)C=CC(C)(O)C21. The summed E-state index contributed by atoms with van der Waals surface area (Å²) in [6.45, 7) is 9.05. The van der Waals surface area contributed by atoms with Gasteiger partial charge in [0, 0.05) is 5.57 Å². The number of ether oxygens (including phenoxy) is 1. The Kier molecular flexibility index (Phi) is 2.58. The molecule has 5 nitrogen and oxygen atoms in total. The molecule has 5 heteroatoms. The second-order valence-electron chi connectivity index (χ2n) is 6.16. The van der Waals surface area contributed by atoms with E-state index in [1.807, 2.05) is 0 Å². The van der Waals surface area contributed by atoms with Crippen molar-refractivity contribution in [2.24, 2.45) is 11.8 Å². The summed E-state index contributed by atoms with van der Waals surface area (Å²) in [4.78, 5) is 11.7. The van der Waals surface area contributed by atoms with Gasteiger partial charge in [-0.05, 0) is 25.0 Å². The Labute approximate surface area is 116 Å². The molecule has 3 N–H and O–H groups in total. The highest BCUT2D eigenvalue weighted by molar-refractivity contribution is 5.91. The Balaban J connectivity index is 2.15. The molecule has 108 valence electrons. The minimum absolute atomic E-state index is 0.129. The molecule has 0 bridgehead atoms. The van der Waals surface area contributed by atoms with Crippen molar-refractivity contribution in [3.05, 3.63) is 36.5 Å². The third kappa shape index (κ3) is 1.51. The third-order valence-electron chi connectivity index (χ3n) is 4.81. The first-order valence-electron chi connectivity index (χ1n) is 6.59. The van der Waals surface area contributed by atoms with Crippen LogP contribution in [0.25, 0.3) is 0 Å². The summed E-state index contributed by atoms with van der Waals surface area (Å²) in [6, 6.07) is 0. The molecule has 0 amide bonds. The zero-order valence-electron chi connectivity index (χ0n) is 11.2. The molecule has 1 saturated heterocycles. The summed E-state index contributed by atoms with van der Waals surface area (Å²) < 4.78 is 5.29. The zero-order chi connectivity index (χ0) is 14.9. The van der Waals surface area contributed by atoms with Crippen LogP contribution in [0.1, 0.15) is 13.3 Å². The van der Waals surface area contributed by atoms with Gasteiger partial charge in [-0.1, -0.05) is 19.2 Å². The molecule has 20 heavy (non-hydrogen) atoms. The molecule has 0 radical (unpaired) electrons. The summed E-state index contributed by atoms with van der Waals surface area (Å²) in [5.41, 5.74) is -2.26. The predicted molar refractivity (Wildman–Crippen MR) is 70.5 cm³/mol. The summed E-state index contributed by atoms with van der Waals surface area (Å²) in [6.07, 6.45) is 1.37. The first-order valence-corrected chi connectivity index (χ1v) is 6.59. The van der Waals surface area contributed by atoms with Gasteiger partial charge >= 0.3 is 5.97 Å². The highest BCUT2D eigenvalue weighted by atomic mass is 16.6. The van der Waals surface area contributed by atoms with Crippen molar-refractivity contribution in [1.29, 1.82) is 0 Å². The number of carbonyl (C=O) groups is 1. The van der Waals surface area contributed by atoms with E-state index in [9.17, 15) is 20.1 Å². The number of hydrogen-bond acceptors (Lipinski definition) is 5. The van der Waals surface area contributed by atoms with Gasteiger partial charge in [0.25, 0.3) is 0 Å². The fourth-order valence-corrected chi connectivity index (χ4v) is 3.75. The van der Waals surface area contributed by atoms with E-state index in [0.717, 1.165) is 0 Å². The van der Waals surface area contributed by atoms with Gasteiger partial charge in [0.05, 0.1) is 23.5 Å². The highest BCUT2D eigenvalue weighted by Gasteiger charge is 2.63. The van der Waals surface area contributed by atoms with Crippen molar-refractivity contribution < 1.29 is 24.9 Å². The number of fused-ring (bicyclic) bond motifs is 3. The molecular weight excluding hydrogens is 260 g/mol. The van der Waals surface area contributed by atoms with Gasteiger partial charge in [-0.15, -0.1) is 0 Å². The van der Waals surface area contributed by atoms with Gasteiger partial charge in [0.15, 0.2) is 0 Å². The smallest absolute Gasteiger partial charge is 0.334 e. The van der Waals surface area contributed by atoms with E-state index in [1.54, 1.807) is 6.92 Å². The van der Waals surface area contributed by atoms with Crippen LogP contribution in [0.5, 0.6) is 0 Å². The van der Waals surface area contributed by atoms with Crippen LogP contribution in [0.2, 0.25) is 0 Å². The van der Waals surface area contributed by atoms with Crippen LogP contribution in [0.15, 0.2) is 36.5 Å². The van der Waals surface area contributed by atoms with E-state index >= 15 is 0 Å². The molecule has 2 aliphatic carbocycles. The number of hydrogen-bond donors (Lipinski definition) is 3. The Morgan fingerprint density at radius 2 is 2.00 bits per heavy atom. The molecule has 1 saturated carbocycles. The molecular formula is C15H18O5. The number of aliphatic hydroxyl groups excluding tert-OH is 1. The molecule has 0 spiro atoms. The lowest BCUT2D eigenvalue weighted by molar-refractivity contribution is -0.152. The minimum atomic E-state index is -1.49. The maximum absolute atomic E-state index is 11.7. The van der Waals surface area contributed by atoms with E-state index in [2.05, 4.69) is 13.2 Å². The second kappa shape index (κ2) is 3.81. The average Bonchev–Trinajstić information content (AvgIpc) is 2.72. The van der Waals surface area contributed by atoms with Gasteiger partial charge < -0.3 is 20.1 Å². The first kappa shape index (κ1) is 13.5. The largest absolute Gasteiger partial charge is 0.458 e. The standard InChI is InChI=1S/C15H18O5/c1-7-6-9(16)10-8(2)13(17)20-11(10)12-14(3,18)4-5-15(7,12)19/h4-5,9-12,16,18-19H,1-2,6H2,3H3. The van der Waals surface area contributed by atoms with Crippen molar-refractivity contribution in [3.8, 4) is 0 Å². The number of rotatable bonds is 0. The lowest BCUT2D eigenvalue weighted by atomic mass is 9.73. The topological polar surface area (TPSA) is 87.0 Å². The molecule has 1 aliphatic heterocycles. The molecule has 1 heterocycles. The molecule has 0 aromatic heterocycles. The van der Waals surface area contributed by atoms with Gasteiger partial charge in [-0.3, -0.25) is 0 Å². The van der Waals surface area contributed by atoms with Crippen LogP contribution in [0, 0.1) is 11.8 Å². The summed E-state index contributed by atoms with van der Waals surface area (Å²) >= 11 is 0. The van der Waals surface area contributed by atoms with E-state index in [4.69, 9.17) is 4.74 Å². The van der Waals surface area contributed by atoms with E-state index < -0.39 is 41.2 Å². The van der Waals surface area contributed by atoms with Gasteiger partial charge in [0.2, 0.25) is 0 Å². The monoisotopic (exact) mass is 278 g/mol.